The third kappa shape index (κ3) is 2.75. The van der Waals surface area contributed by atoms with E-state index in [2.05, 4.69) is 0 Å². The Morgan fingerprint density at radius 2 is 2.04 bits per heavy atom. The monoisotopic (exact) mass is 330 g/mol. The zero-order chi connectivity index (χ0) is 16.5. The van der Waals surface area contributed by atoms with E-state index in [0.717, 1.165) is 24.8 Å². The van der Waals surface area contributed by atoms with Gasteiger partial charge in [0.15, 0.2) is 5.58 Å². The number of aryl methyl sites for hydroxylation is 1. The number of oxazole rings is 1. The number of benzene rings is 1. The van der Waals surface area contributed by atoms with Crippen LogP contribution < -0.4 is 5.76 Å². The highest BCUT2D eigenvalue weighted by Crippen LogP contribution is 2.28. The van der Waals surface area contributed by atoms with Crippen molar-refractivity contribution in [3.8, 4) is 0 Å². The van der Waals surface area contributed by atoms with Crippen molar-refractivity contribution in [1.82, 2.24) is 9.47 Å². The summed E-state index contributed by atoms with van der Waals surface area (Å²) in [5.41, 5.74) is 1.31. The predicted octanol–water partition coefficient (Wildman–Crippen LogP) is 2.15. The van der Waals surface area contributed by atoms with Crippen LogP contribution in [0.3, 0.4) is 0 Å². The first-order chi connectivity index (χ1) is 11.7. The van der Waals surface area contributed by atoms with Gasteiger partial charge in [0.2, 0.25) is 5.91 Å². The quantitative estimate of drug-likeness (QED) is 0.865. The van der Waals surface area contributed by atoms with Gasteiger partial charge in [-0.2, -0.15) is 0 Å². The van der Waals surface area contributed by atoms with Crippen molar-refractivity contribution in [2.24, 2.45) is 0 Å². The molecular weight excluding hydrogens is 308 g/mol. The molecule has 2 heterocycles. The topological polar surface area (TPSA) is 64.7 Å². The van der Waals surface area contributed by atoms with Crippen LogP contribution >= 0.6 is 0 Å². The molecule has 2 aromatic rings. The minimum absolute atomic E-state index is 0.104. The summed E-state index contributed by atoms with van der Waals surface area (Å²) >= 11 is 0. The number of nitrogens with zero attached hydrogens (tertiary/aromatic N) is 2. The average molecular weight is 330 g/mol. The van der Waals surface area contributed by atoms with Gasteiger partial charge in [-0.05, 0) is 25.0 Å². The second kappa shape index (κ2) is 6.43. The van der Waals surface area contributed by atoms with Gasteiger partial charge in [-0.1, -0.05) is 25.0 Å². The zero-order valence-electron chi connectivity index (χ0n) is 13.6. The Bertz CT molecular complexity index is 792. The second-order valence-corrected chi connectivity index (χ2v) is 6.59. The highest BCUT2D eigenvalue weighted by molar-refractivity contribution is 5.77. The van der Waals surface area contributed by atoms with Crippen molar-refractivity contribution in [2.75, 3.05) is 13.2 Å². The van der Waals surface area contributed by atoms with Gasteiger partial charge >= 0.3 is 5.76 Å². The van der Waals surface area contributed by atoms with E-state index in [1.54, 1.807) is 10.6 Å². The van der Waals surface area contributed by atoms with Gasteiger partial charge in [0.1, 0.15) is 0 Å². The lowest BCUT2D eigenvalue weighted by molar-refractivity contribution is -0.149. The van der Waals surface area contributed by atoms with E-state index in [9.17, 15) is 9.59 Å². The number of morpholine rings is 1. The Labute approximate surface area is 140 Å². The first kappa shape index (κ1) is 15.4. The number of hydrogen-bond acceptors (Lipinski definition) is 4. The number of ether oxygens (including phenoxy) is 1. The lowest BCUT2D eigenvalue weighted by Crippen LogP contribution is -2.55. The van der Waals surface area contributed by atoms with Crippen molar-refractivity contribution >= 4 is 17.0 Å². The molecule has 6 heteroatoms. The smallest absolute Gasteiger partial charge is 0.408 e. The molecule has 1 saturated carbocycles. The first-order valence-corrected chi connectivity index (χ1v) is 8.73. The molecule has 0 N–H and O–H groups in total. The normalized spacial score (nSPS) is 24.1. The van der Waals surface area contributed by atoms with Gasteiger partial charge in [-0.25, -0.2) is 4.79 Å². The minimum atomic E-state index is -0.401. The summed E-state index contributed by atoms with van der Waals surface area (Å²) in [7, 11) is 0. The van der Waals surface area contributed by atoms with Crippen LogP contribution in [0.1, 0.15) is 32.1 Å². The molecule has 4 rings (SSSR count). The summed E-state index contributed by atoms with van der Waals surface area (Å²) in [6.07, 6.45) is 4.89. The Morgan fingerprint density at radius 3 is 2.96 bits per heavy atom. The third-order valence-electron chi connectivity index (χ3n) is 5.18. The molecule has 2 fully saturated rings. The van der Waals surface area contributed by atoms with Crippen molar-refractivity contribution in [2.45, 2.75) is 50.8 Å². The van der Waals surface area contributed by atoms with Crippen LogP contribution in [-0.4, -0.2) is 40.7 Å². The van der Waals surface area contributed by atoms with Crippen molar-refractivity contribution in [3.63, 3.8) is 0 Å². The zero-order valence-corrected chi connectivity index (χ0v) is 13.6. The molecule has 1 aromatic heterocycles. The molecule has 0 bridgehead atoms. The van der Waals surface area contributed by atoms with E-state index < -0.39 is 5.76 Å². The molecule has 1 aromatic carbocycles. The van der Waals surface area contributed by atoms with Crippen LogP contribution in [0.5, 0.6) is 0 Å². The molecule has 2 atom stereocenters. The average Bonchev–Trinajstić information content (AvgIpc) is 2.94. The SMILES string of the molecule is O=C(CCn1c(=O)oc2ccccc21)N1CCO[C@H]2CCCC[C@H]21. The maximum Gasteiger partial charge on any atom is 0.419 e. The van der Waals surface area contributed by atoms with Gasteiger partial charge in [-0.3, -0.25) is 9.36 Å². The van der Waals surface area contributed by atoms with E-state index in [4.69, 9.17) is 9.15 Å². The number of hydrogen-bond donors (Lipinski definition) is 0. The first-order valence-electron chi connectivity index (χ1n) is 8.73. The van der Waals surface area contributed by atoms with Crippen LogP contribution in [0, 0.1) is 0 Å². The van der Waals surface area contributed by atoms with Gasteiger partial charge in [-0.15, -0.1) is 0 Å². The fourth-order valence-corrected chi connectivity index (χ4v) is 3.98. The molecule has 2 aliphatic rings. The standard InChI is InChI=1S/C18H22N2O4/c21-17(19-11-12-23-15-7-3-1-5-13(15)19)9-10-20-14-6-2-4-8-16(14)24-18(20)22/h2,4,6,8,13,15H,1,3,5,7,9-12H2/t13-,15+/m1/s1. The molecule has 128 valence electrons. The van der Waals surface area contributed by atoms with Gasteiger partial charge in [0.05, 0.1) is 24.3 Å². The number of rotatable bonds is 3. The van der Waals surface area contributed by atoms with Gasteiger partial charge < -0.3 is 14.1 Å². The maximum atomic E-state index is 12.7. The summed E-state index contributed by atoms with van der Waals surface area (Å²) in [4.78, 5) is 26.7. The lowest BCUT2D eigenvalue weighted by Gasteiger charge is -2.43. The number of carbonyl (C=O) groups excluding carboxylic acids is 1. The Hall–Kier alpha value is -2.08. The summed E-state index contributed by atoms with van der Waals surface area (Å²) in [5.74, 6) is -0.297. The van der Waals surface area contributed by atoms with Crippen molar-refractivity contribution < 1.29 is 13.9 Å². The van der Waals surface area contributed by atoms with Crippen LogP contribution in [0.4, 0.5) is 0 Å². The van der Waals surface area contributed by atoms with E-state index in [1.165, 1.54) is 6.42 Å². The minimum Gasteiger partial charge on any atom is -0.408 e. The van der Waals surface area contributed by atoms with Crippen LogP contribution in [0.15, 0.2) is 33.5 Å². The molecular formula is C18H22N2O4. The fraction of sp³-hybridized carbons (Fsp3) is 0.556. The Balaban J connectivity index is 1.48. The molecule has 1 aliphatic carbocycles. The highest BCUT2D eigenvalue weighted by Gasteiger charge is 2.36. The predicted molar refractivity (Wildman–Crippen MR) is 88.8 cm³/mol. The summed E-state index contributed by atoms with van der Waals surface area (Å²) in [5, 5.41) is 0. The Morgan fingerprint density at radius 1 is 1.21 bits per heavy atom. The molecule has 6 nitrogen and oxygen atoms in total. The van der Waals surface area contributed by atoms with Gasteiger partial charge in [0, 0.05) is 19.5 Å². The summed E-state index contributed by atoms with van der Waals surface area (Å²) in [6.45, 7) is 1.62. The molecule has 1 amide bonds. The molecule has 0 radical (unpaired) electrons. The molecule has 1 saturated heterocycles. The highest BCUT2D eigenvalue weighted by atomic mass is 16.5. The molecule has 24 heavy (non-hydrogen) atoms. The van der Waals surface area contributed by atoms with Crippen molar-refractivity contribution in [1.29, 1.82) is 0 Å². The number of aromatic nitrogens is 1. The summed E-state index contributed by atoms with van der Waals surface area (Å²) < 4.78 is 12.6. The number of fused-ring (bicyclic) bond motifs is 2. The van der Waals surface area contributed by atoms with Crippen LogP contribution in [0.25, 0.3) is 11.1 Å². The van der Waals surface area contributed by atoms with Gasteiger partial charge in [0.25, 0.3) is 0 Å². The second-order valence-electron chi connectivity index (χ2n) is 6.59. The number of carbonyl (C=O) groups is 1. The molecule has 0 spiro atoms. The molecule has 1 aliphatic heterocycles. The van der Waals surface area contributed by atoms with E-state index in [-0.39, 0.29) is 18.1 Å². The maximum absolute atomic E-state index is 12.7. The van der Waals surface area contributed by atoms with E-state index in [1.807, 2.05) is 23.1 Å². The third-order valence-corrected chi connectivity index (χ3v) is 5.18. The van der Waals surface area contributed by atoms with E-state index in [0.29, 0.717) is 31.7 Å². The van der Waals surface area contributed by atoms with E-state index >= 15 is 0 Å². The molecule has 0 unspecified atom stereocenters. The lowest BCUT2D eigenvalue weighted by atomic mass is 9.90. The Kier molecular flexibility index (Phi) is 4.14. The number of para-hydroxylation sites is 2. The van der Waals surface area contributed by atoms with Crippen LogP contribution in [-0.2, 0) is 16.1 Å². The largest absolute Gasteiger partial charge is 0.419 e. The number of amides is 1. The van der Waals surface area contributed by atoms with Crippen molar-refractivity contribution in [3.05, 3.63) is 34.8 Å². The fourth-order valence-electron chi connectivity index (χ4n) is 3.98. The summed E-state index contributed by atoms with van der Waals surface area (Å²) in [6, 6.07) is 7.51. The van der Waals surface area contributed by atoms with Crippen LogP contribution in [0.2, 0.25) is 0 Å².